The van der Waals surface area contributed by atoms with E-state index in [0.29, 0.717) is 0 Å². The fraction of sp³-hybridized carbons (Fsp3) is 0.179. The van der Waals surface area contributed by atoms with Gasteiger partial charge in [0.2, 0.25) is 0 Å². The second kappa shape index (κ2) is 7.43. The topological polar surface area (TPSA) is 63.7 Å². The maximum Gasteiger partial charge on any atom is 0.411 e. The molecule has 6 rings (SSSR count). The van der Waals surface area contributed by atoms with Crippen molar-refractivity contribution in [1.82, 2.24) is 4.90 Å². The Labute approximate surface area is 198 Å². The Morgan fingerprint density at radius 2 is 1.53 bits per heavy atom. The highest BCUT2D eigenvalue weighted by Crippen LogP contribution is 2.55. The van der Waals surface area contributed by atoms with E-state index in [1.54, 1.807) is 29.2 Å². The minimum Gasteiger partial charge on any atom is -0.446 e. The van der Waals surface area contributed by atoms with E-state index in [1.165, 1.54) is 0 Å². The Balaban J connectivity index is 1.70. The number of hydrogen-bond donors (Lipinski definition) is 0. The molecule has 4 aromatic rings. The van der Waals surface area contributed by atoms with Gasteiger partial charge >= 0.3 is 6.09 Å². The van der Waals surface area contributed by atoms with Gasteiger partial charge in [-0.25, -0.2) is 13.2 Å². The number of ether oxygens (including phenoxy) is 1. The standard InChI is InChI=1S/C28H23NO4S/c1-19-11-13-24(14-12-19)34(31,32)26-25-16-21-8-6-5-7-20(21)15-22(25)17-29-27(30)33-18-28(26,29)23-9-3-2-4-10-23/h2-16,26H,17-18H2,1H3/t26-,28+/m0/s1. The first-order valence-electron chi connectivity index (χ1n) is 11.2. The van der Waals surface area contributed by atoms with Crippen LogP contribution < -0.4 is 0 Å². The molecule has 0 radical (unpaired) electrons. The number of rotatable bonds is 3. The van der Waals surface area contributed by atoms with Crippen LogP contribution in [0.4, 0.5) is 4.79 Å². The average Bonchev–Trinajstić information content (AvgIpc) is 3.18. The third-order valence-electron chi connectivity index (χ3n) is 7.10. The summed E-state index contributed by atoms with van der Waals surface area (Å²) in [6.07, 6.45) is -0.494. The SMILES string of the molecule is Cc1ccc(S(=O)(=O)[C@H]2c3cc4ccccc4cc3CN3C(=O)OC[C@@]23c2ccccc2)cc1. The van der Waals surface area contributed by atoms with Crippen LogP contribution in [0.1, 0.15) is 27.5 Å². The van der Waals surface area contributed by atoms with Crippen molar-refractivity contribution >= 4 is 26.7 Å². The van der Waals surface area contributed by atoms with Gasteiger partial charge in [0.15, 0.2) is 9.84 Å². The molecule has 2 heterocycles. The number of aryl methyl sites for hydroxylation is 1. The third kappa shape index (κ3) is 2.91. The first-order chi connectivity index (χ1) is 16.4. The first-order valence-corrected chi connectivity index (χ1v) is 12.8. The summed E-state index contributed by atoms with van der Waals surface area (Å²) in [4.78, 5) is 14.9. The molecule has 0 saturated carbocycles. The summed E-state index contributed by atoms with van der Waals surface area (Å²) in [5, 5.41) is 0.949. The van der Waals surface area contributed by atoms with Gasteiger partial charge in [0.05, 0.1) is 11.4 Å². The van der Waals surface area contributed by atoms with Crippen LogP contribution in [0.3, 0.4) is 0 Å². The lowest BCUT2D eigenvalue weighted by molar-refractivity contribution is 0.132. The van der Waals surface area contributed by atoms with Gasteiger partial charge in [-0.3, -0.25) is 4.90 Å². The quantitative estimate of drug-likeness (QED) is 0.396. The van der Waals surface area contributed by atoms with Crippen molar-refractivity contribution in [2.45, 2.75) is 29.2 Å². The molecule has 2 atom stereocenters. The molecule has 6 heteroatoms. The molecule has 1 fully saturated rings. The zero-order valence-corrected chi connectivity index (χ0v) is 19.5. The molecule has 1 amide bonds. The second-order valence-corrected chi connectivity index (χ2v) is 11.1. The number of carbonyl (C=O) groups is 1. The molecule has 0 spiro atoms. The molecule has 0 bridgehead atoms. The van der Waals surface area contributed by atoms with E-state index in [1.807, 2.05) is 73.7 Å². The van der Waals surface area contributed by atoms with E-state index >= 15 is 0 Å². The summed E-state index contributed by atoms with van der Waals surface area (Å²) in [6.45, 7) is 2.18. The van der Waals surface area contributed by atoms with Crippen LogP contribution in [0.2, 0.25) is 0 Å². The van der Waals surface area contributed by atoms with E-state index in [2.05, 4.69) is 0 Å². The number of cyclic esters (lactones) is 1. The van der Waals surface area contributed by atoms with E-state index in [-0.39, 0.29) is 18.0 Å². The summed E-state index contributed by atoms with van der Waals surface area (Å²) in [5.41, 5.74) is 2.10. The highest BCUT2D eigenvalue weighted by Gasteiger charge is 2.61. The average molecular weight is 470 g/mol. The largest absolute Gasteiger partial charge is 0.446 e. The number of hydrogen-bond acceptors (Lipinski definition) is 4. The zero-order valence-electron chi connectivity index (χ0n) is 18.6. The van der Waals surface area contributed by atoms with Gasteiger partial charge in [-0.05, 0) is 58.7 Å². The predicted octanol–water partition coefficient (Wildman–Crippen LogP) is 5.52. The van der Waals surface area contributed by atoms with Crippen molar-refractivity contribution in [2.75, 3.05) is 6.61 Å². The minimum absolute atomic E-state index is 0.0299. The summed E-state index contributed by atoms with van der Waals surface area (Å²) in [6, 6.07) is 28.2. The van der Waals surface area contributed by atoms with E-state index in [4.69, 9.17) is 4.74 Å². The Kier molecular flexibility index (Phi) is 4.58. The fourth-order valence-corrected chi connectivity index (χ4v) is 7.62. The number of sulfone groups is 1. The maximum absolute atomic E-state index is 14.4. The maximum atomic E-state index is 14.4. The van der Waals surface area contributed by atoms with Crippen LogP contribution in [-0.4, -0.2) is 26.0 Å². The molecule has 0 aliphatic carbocycles. The summed E-state index contributed by atoms with van der Waals surface area (Å²) < 4.78 is 34.5. The van der Waals surface area contributed by atoms with Crippen molar-refractivity contribution in [2.24, 2.45) is 0 Å². The summed E-state index contributed by atoms with van der Waals surface area (Å²) in [7, 11) is -3.92. The molecule has 0 aromatic heterocycles. The molecule has 34 heavy (non-hydrogen) atoms. The lowest BCUT2D eigenvalue weighted by Gasteiger charge is -2.46. The number of amides is 1. The van der Waals surface area contributed by atoms with Crippen LogP contribution in [0.25, 0.3) is 10.8 Å². The summed E-state index contributed by atoms with van der Waals surface area (Å²) >= 11 is 0. The molecular weight excluding hydrogens is 446 g/mol. The number of nitrogens with zero attached hydrogens (tertiary/aromatic N) is 1. The van der Waals surface area contributed by atoms with E-state index in [0.717, 1.165) is 33.0 Å². The third-order valence-corrected chi connectivity index (χ3v) is 9.30. The van der Waals surface area contributed by atoms with Gasteiger partial charge in [0.1, 0.15) is 17.4 Å². The zero-order chi connectivity index (χ0) is 23.5. The molecule has 5 nitrogen and oxygen atoms in total. The van der Waals surface area contributed by atoms with Crippen LogP contribution in [-0.2, 0) is 26.7 Å². The predicted molar refractivity (Wildman–Crippen MR) is 130 cm³/mol. The van der Waals surface area contributed by atoms with Crippen molar-refractivity contribution in [3.05, 3.63) is 113 Å². The van der Waals surface area contributed by atoms with Gasteiger partial charge in [-0.15, -0.1) is 0 Å². The van der Waals surface area contributed by atoms with Crippen molar-refractivity contribution in [3.63, 3.8) is 0 Å². The number of benzene rings is 4. The van der Waals surface area contributed by atoms with Gasteiger partial charge in [-0.2, -0.15) is 0 Å². The van der Waals surface area contributed by atoms with Gasteiger partial charge in [0, 0.05) is 0 Å². The lowest BCUT2D eigenvalue weighted by Crippen LogP contribution is -2.54. The van der Waals surface area contributed by atoms with Crippen LogP contribution in [0.5, 0.6) is 0 Å². The first kappa shape index (κ1) is 20.9. The smallest absolute Gasteiger partial charge is 0.411 e. The molecule has 1 saturated heterocycles. The molecule has 2 aliphatic rings. The molecule has 2 aliphatic heterocycles. The van der Waals surface area contributed by atoms with E-state index in [9.17, 15) is 13.2 Å². The minimum atomic E-state index is -3.92. The van der Waals surface area contributed by atoms with Crippen LogP contribution in [0.15, 0.2) is 95.9 Å². The van der Waals surface area contributed by atoms with Crippen molar-refractivity contribution in [1.29, 1.82) is 0 Å². The normalized spacial score (nSPS) is 21.7. The lowest BCUT2D eigenvalue weighted by atomic mass is 9.78. The highest BCUT2D eigenvalue weighted by atomic mass is 32.2. The van der Waals surface area contributed by atoms with Crippen LogP contribution in [0, 0.1) is 6.92 Å². The van der Waals surface area contributed by atoms with Gasteiger partial charge < -0.3 is 4.74 Å². The van der Waals surface area contributed by atoms with E-state index < -0.39 is 26.7 Å². The number of carbonyl (C=O) groups excluding carboxylic acids is 1. The Morgan fingerprint density at radius 1 is 0.882 bits per heavy atom. The van der Waals surface area contributed by atoms with Crippen molar-refractivity contribution in [3.8, 4) is 0 Å². The Bertz CT molecular complexity index is 1530. The molecular formula is C28H23NO4S. The monoisotopic (exact) mass is 469 g/mol. The molecule has 4 aromatic carbocycles. The van der Waals surface area contributed by atoms with Gasteiger partial charge in [-0.1, -0.05) is 72.3 Å². The number of fused-ring (bicyclic) bond motifs is 3. The van der Waals surface area contributed by atoms with Crippen LogP contribution >= 0.6 is 0 Å². The fourth-order valence-electron chi connectivity index (χ4n) is 5.43. The highest BCUT2D eigenvalue weighted by molar-refractivity contribution is 7.91. The Morgan fingerprint density at radius 3 is 2.24 bits per heavy atom. The Hall–Kier alpha value is -3.64. The molecule has 170 valence electrons. The second-order valence-electron chi connectivity index (χ2n) is 9.07. The summed E-state index contributed by atoms with van der Waals surface area (Å²) in [5.74, 6) is 0. The molecule has 0 unspecified atom stereocenters. The van der Waals surface area contributed by atoms with Gasteiger partial charge in [0.25, 0.3) is 0 Å². The van der Waals surface area contributed by atoms with Crippen molar-refractivity contribution < 1.29 is 17.9 Å². The molecule has 0 N–H and O–H groups in total.